The van der Waals surface area contributed by atoms with Crippen LogP contribution in [-0.4, -0.2) is 22.0 Å². The second kappa shape index (κ2) is 9.24. The predicted octanol–water partition coefficient (Wildman–Crippen LogP) is 4.97. The van der Waals surface area contributed by atoms with Crippen LogP contribution in [0.1, 0.15) is 0 Å². The van der Waals surface area contributed by atoms with Crippen molar-refractivity contribution in [2.24, 2.45) is 0 Å². The normalized spacial score (nSPS) is 10.7. The smallest absolute Gasteiger partial charge is 0.247 e. The van der Waals surface area contributed by atoms with Gasteiger partial charge in [-0.05, 0) is 35.7 Å². The molecule has 4 rings (SSSR count). The number of thioether (sulfide) groups is 1. The zero-order valence-electron chi connectivity index (χ0n) is 16.0. The summed E-state index contributed by atoms with van der Waals surface area (Å²) in [5.41, 5.74) is 1.26. The number of amides is 2. The molecule has 1 aromatic heterocycles. The maximum atomic E-state index is 13.1. The second-order valence-electron chi connectivity index (χ2n) is 6.55. The number of nitrogens with one attached hydrogen (secondary N) is 2. The minimum Gasteiger partial charge on any atom is -0.325 e. The van der Waals surface area contributed by atoms with Crippen LogP contribution in [0.2, 0.25) is 0 Å². The summed E-state index contributed by atoms with van der Waals surface area (Å²) in [6.45, 7) is 0. The molecule has 2 amide bonds. The lowest BCUT2D eigenvalue weighted by Gasteiger charge is -2.17. The number of hydrogen-bond donors (Lipinski definition) is 2. The number of carbonyl (C=O) groups is 2. The van der Waals surface area contributed by atoms with E-state index < -0.39 is 17.1 Å². The molecule has 0 radical (unpaired) electrons. The summed E-state index contributed by atoms with van der Waals surface area (Å²) < 4.78 is 0. The van der Waals surface area contributed by atoms with Crippen LogP contribution in [0, 0.1) is 0 Å². The molecule has 0 aliphatic heterocycles. The van der Waals surface area contributed by atoms with Crippen molar-refractivity contribution in [1.29, 1.82) is 0 Å². The van der Waals surface area contributed by atoms with Gasteiger partial charge in [-0.3, -0.25) is 9.59 Å². The standard InChI is InChI=1S/C24H19N3O2S/c28-22(26-18-10-3-1-4-11-18)21(23(29)27-19-12-5-2-6-13-19)30-24-20-14-8-7-9-17(20)15-16-25-24/h1-16,21H,(H,26,28)(H,27,29). The van der Waals surface area contributed by atoms with Crippen LogP contribution in [0.25, 0.3) is 10.8 Å². The summed E-state index contributed by atoms with van der Waals surface area (Å²) in [4.78, 5) is 30.6. The van der Waals surface area contributed by atoms with E-state index in [4.69, 9.17) is 0 Å². The van der Waals surface area contributed by atoms with Crippen LogP contribution in [0.5, 0.6) is 0 Å². The molecule has 0 atom stereocenters. The van der Waals surface area contributed by atoms with Crippen LogP contribution in [0.15, 0.2) is 102 Å². The predicted molar refractivity (Wildman–Crippen MR) is 122 cm³/mol. The van der Waals surface area contributed by atoms with Crippen molar-refractivity contribution in [3.63, 3.8) is 0 Å². The minimum atomic E-state index is -1.02. The molecule has 0 unspecified atom stereocenters. The summed E-state index contributed by atoms with van der Waals surface area (Å²) in [5, 5.41) is 7.16. The van der Waals surface area contributed by atoms with Gasteiger partial charge in [0.05, 0.1) is 0 Å². The molecule has 6 heteroatoms. The van der Waals surface area contributed by atoms with E-state index in [0.717, 1.165) is 22.5 Å². The lowest BCUT2D eigenvalue weighted by atomic mass is 10.2. The molecule has 148 valence electrons. The summed E-state index contributed by atoms with van der Waals surface area (Å²) in [6, 6.07) is 27.8. The highest BCUT2D eigenvalue weighted by atomic mass is 32.2. The average molecular weight is 414 g/mol. The van der Waals surface area contributed by atoms with E-state index in [9.17, 15) is 9.59 Å². The Kier molecular flexibility index (Phi) is 6.06. The van der Waals surface area contributed by atoms with E-state index in [1.165, 1.54) is 0 Å². The molecule has 5 nitrogen and oxygen atoms in total. The number of anilines is 2. The maximum Gasteiger partial charge on any atom is 0.247 e. The van der Waals surface area contributed by atoms with Gasteiger partial charge in [-0.2, -0.15) is 0 Å². The molecule has 3 aromatic carbocycles. The molecule has 0 fully saturated rings. The van der Waals surface area contributed by atoms with Gasteiger partial charge >= 0.3 is 0 Å². The first-order valence-corrected chi connectivity index (χ1v) is 10.3. The topological polar surface area (TPSA) is 71.1 Å². The van der Waals surface area contributed by atoms with Gasteiger partial charge in [-0.25, -0.2) is 4.98 Å². The molecule has 0 aliphatic rings. The number of para-hydroxylation sites is 2. The number of pyridine rings is 1. The van der Waals surface area contributed by atoms with Gasteiger partial charge in [0, 0.05) is 23.0 Å². The van der Waals surface area contributed by atoms with Gasteiger partial charge in [0.2, 0.25) is 11.8 Å². The molecule has 0 saturated heterocycles. The maximum absolute atomic E-state index is 13.1. The van der Waals surface area contributed by atoms with Crippen molar-refractivity contribution in [1.82, 2.24) is 4.98 Å². The molecule has 0 spiro atoms. The SMILES string of the molecule is O=C(Nc1ccccc1)C(Sc1nccc2ccccc12)C(=O)Nc1ccccc1. The lowest BCUT2D eigenvalue weighted by molar-refractivity contribution is -0.123. The monoisotopic (exact) mass is 413 g/mol. The van der Waals surface area contributed by atoms with Crippen LogP contribution < -0.4 is 10.6 Å². The zero-order valence-corrected chi connectivity index (χ0v) is 16.8. The highest BCUT2D eigenvalue weighted by molar-refractivity contribution is 8.01. The van der Waals surface area contributed by atoms with Crippen molar-refractivity contribution in [3.8, 4) is 0 Å². The lowest BCUT2D eigenvalue weighted by Crippen LogP contribution is -2.36. The number of fused-ring (bicyclic) bond motifs is 1. The highest BCUT2D eigenvalue weighted by Gasteiger charge is 2.29. The molecule has 4 aromatic rings. The van der Waals surface area contributed by atoms with Gasteiger partial charge < -0.3 is 10.6 Å². The zero-order chi connectivity index (χ0) is 20.8. The first-order valence-electron chi connectivity index (χ1n) is 9.43. The largest absolute Gasteiger partial charge is 0.325 e. The Labute approximate surface area is 178 Å². The van der Waals surface area contributed by atoms with Gasteiger partial charge in [0.15, 0.2) is 5.25 Å². The van der Waals surface area contributed by atoms with Crippen molar-refractivity contribution in [2.75, 3.05) is 10.6 Å². The summed E-state index contributed by atoms with van der Waals surface area (Å²) in [6.07, 6.45) is 1.69. The molecular weight excluding hydrogens is 394 g/mol. The van der Waals surface area contributed by atoms with Crippen LogP contribution in [0.3, 0.4) is 0 Å². The van der Waals surface area contributed by atoms with E-state index >= 15 is 0 Å². The molecule has 0 bridgehead atoms. The van der Waals surface area contributed by atoms with Gasteiger partial charge in [0.1, 0.15) is 5.03 Å². The van der Waals surface area contributed by atoms with E-state index in [2.05, 4.69) is 15.6 Å². The van der Waals surface area contributed by atoms with Gasteiger partial charge in [-0.15, -0.1) is 0 Å². The third kappa shape index (κ3) is 4.67. The van der Waals surface area contributed by atoms with E-state index in [1.54, 1.807) is 30.5 Å². The highest BCUT2D eigenvalue weighted by Crippen LogP contribution is 2.30. The fourth-order valence-electron chi connectivity index (χ4n) is 2.98. The first kappa shape index (κ1) is 19.7. The number of rotatable bonds is 6. The van der Waals surface area contributed by atoms with Gasteiger partial charge in [0.25, 0.3) is 0 Å². The molecule has 30 heavy (non-hydrogen) atoms. The number of nitrogens with zero attached hydrogens (tertiary/aromatic N) is 1. The molecule has 0 aliphatic carbocycles. The Hall–Kier alpha value is -3.64. The fourth-order valence-corrected chi connectivity index (χ4v) is 3.97. The van der Waals surface area contributed by atoms with E-state index in [0.29, 0.717) is 16.4 Å². The average Bonchev–Trinajstić information content (AvgIpc) is 2.78. The third-order valence-electron chi connectivity index (χ3n) is 4.43. The molecular formula is C24H19N3O2S. The Morgan fingerprint density at radius 3 is 1.83 bits per heavy atom. The number of aromatic nitrogens is 1. The van der Waals surface area contributed by atoms with Gasteiger partial charge in [-0.1, -0.05) is 72.4 Å². The fraction of sp³-hybridized carbons (Fsp3) is 0.0417. The number of carbonyl (C=O) groups excluding carboxylic acids is 2. The van der Waals surface area contributed by atoms with E-state index in [1.807, 2.05) is 66.7 Å². The number of hydrogen-bond acceptors (Lipinski definition) is 4. The van der Waals surface area contributed by atoms with Crippen LogP contribution >= 0.6 is 11.8 Å². The van der Waals surface area contributed by atoms with Crippen molar-refractivity contribution in [2.45, 2.75) is 10.3 Å². The third-order valence-corrected chi connectivity index (χ3v) is 5.64. The first-order chi connectivity index (χ1) is 14.7. The minimum absolute atomic E-state index is 0.408. The van der Waals surface area contributed by atoms with Crippen molar-refractivity contribution < 1.29 is 9.59 Å². The molecule has 0 saturated carbocycles. The summed E-state index contributed by atoms with van der Waals surface area (Å²) >= 11 is 1.14. The van der Waals surface area contributed by atoms with Crippen LogP contribution in [-0.2, 0) is 9.59 Å². The Bertz CT molecular complexity index is 1110. The molecule has 2 N–H and O–H groups in total. The van der Waals surface area contributed by atoms with Crippen molar-refractivity contribution in [3.05, 3.63) is 97.2 Å². The molecule has 1 heterocycles. The quantitative estimate of drug-likeness (QED) is 0.346. The number of benzene rings is 3. The summed E-state index contributed by atoms with van der Waals surface area (Å²) in [7, 11) is 0. The van der Waals surface area contributed by atoms with Crippen molar-refractivity contribution >= 4 is 45.7 Å². The Morgan fingerprint density at radius 1 is 0.700 bits per heavy atom. The Balaban J connectivity index is 1.63. The van der Waals surface area contributed by atoms with E-state index in [-0.39, 0.29) is 0 Å². The Morgan fingerprint density at radius 2 is 1.23 bits per heavy atom. The summed E-state index contributed by atoms with van der Waals surface area (Å²) in [5.74, 6) is -0.816. The second-order valence-corrected chi connectivity index (χ2v) is 7.64. The van der Waals surface area contributed by atoms with Crippen LogP contribution in [0.4, 0.5) is 11.4 Å².